The Bertz CT molecular complexity index is 270. The summed E-state index contributed by atoms with van der Waals surface area (Å²) in [6.07, 6.45) is 10.0. The summed E-state index contributed by atoms with van der Waals surface area (Å²) >= 11 is 1.84. The fourth-order valence-corrected chi connectivity index (χ4v) is 2.82. The van der Waals surface area contributed by atoms with Gasteiger partial charge in [0.25, 0.3) is 0 Å². The zero-order chi connectivity index (χ0) is 9.80. The van der Waals surface area contributed by atoms with E-state index in [1.807, 2.05) is 18.0 Å². The second kappa shape index (κ2) is 4.75. The number of hydrogen-bond acceptors (Lipinski definition) is 4. The van der Waals surface area contributed by atoms with Crippen LogP contribution in [0.25, 0.3) is 0 Å². The molecule has 0 aliphatic heterocycles. The molecule has 0 spiro atoms. The first-order chi connectivity index (χ1) is 6.84. The molecular formula is C10H15N3S. The normalized spacial score (nSPS) is 27.5. The van der Waals surface area contributed by atoms with Gasteiger partial charge < -0.3 is 5.73 Å². The van der Waals surface area contributed by atoms with Gasteiger partial charge in [-0.2, -0.15) is 0 Å². The average Bonchev–Trinajstić information content (AvgIpc) is 2.23. The van der Waals surface area contributed by atoms with Crippen molar-refractivity contribution in [3.63, 3.8) is 0 Å². The molecule has 0 atom stereocenters. The lowest BCUT2D eigenvalue weighted by molar-refractivity contribution is 0.450. The second-order valence-electron chi connectivity index (χ2n) is 3.70. The van der Waals surface area contributed by atoms with Gasteiger partial charge in [-0.25, -0.2) is 4.98 Å². The minimum absolute atomic E-state index is 0.425. The van der Waals surface area contributed by atoms with Crippen molar-refractivity contribution in [2.75, 3.05) is 0 Å². The summed E-state index contributed by atoms with van der Waals surface area (Å²) in [6.45, 7) is 0. The van der Waals surface area contributed by atoms with Crippen LogP contribution in [0.2, 0.25) is 0 Å². The van der Waals surface area contributed by atoms with Crippen LogP contribution in [-0.4, -0.2) is 21.3 Å². The number of nitrogens with zero attached hydrogens (tertiary/aromatic N) is 2. The van der Waals surface area contributed by atoms with Gasteiger partial charge in [-0.3, -0.25) is 4.98 Å². The van der Waals surface area contributed by atoms with Crippen LogP contribution in [0.15, 0.2) is 23.6 Å². The zero-order valence-electron chi connectivity index (χ0n) is 8.10. The number of rotatable bonds is 2. The average molecular weight is 209 g/mol. The van der Waals surface area contributed by atoms with Crippen LogP contribution in [0.1, 0.15) is 25.7 Å². The summed E-state index contributed by atoms with van der Waals surface area (Å²) in [5.41, 5.74) is 5.85. The number of aromatic nitrogens is 2. The smallest absolute Gasteiger partial charge is 0.115 e. The number of nitrogens with two attached hydrogens (primary N) is 1. The van der Waals surface area contributed by atoms with Gasteiger partial charge in [0.15, 0.2) is 0 Å². The van der Waals surface area contributed by atoms with E-state index in [0.29, 0.717) is 11.3 Å². The molecule has 3 nitrogen and oxygen atoms in total. The molecule has 14 heavy (non-hydrogen) atoms. The highest BCUT2D eigenvalue weighted by Gasteiger charge is 2.19. The van der Waals surface area contributed by atoms with Gasteiger partial charge in [0.05, 0.1) is 6.20 Å². The molecule has 0 radical (unpaired) electrons. The Morgan fingerprint density at radius 1 is 1.21 bits per heavy atom. The lowest BCUT2D eigenvalue weighted by Gasteiger charge is -2.24. The third-order valence-electron chi connectivity index (χ3n) is 2.55. The van der Waals surface area contributed by atoms with Gasteiger partial charge in [-0.05, 0) is 25.7 Å². The topological polar surface area (TPSA) is 51.8 Å². The highest BCUT2D eigenvalue weighted by molar-refractivity contribution is 7.99. The van der Waals surface area contributed by atoms with E-state index in [0.717, 1.165) is 17.9 Å². The van der Waals surface area contributed by atoms with Crippen molar-refractivity contribution in [1.82, 2.24) is 9.97 Å². The quantitative estimate of drug-likeness (QED) is 0.807. The maximum Gasteiger partial charge on any atom is 0.115 e. The molecule has 1 aromatic rings. The first-order valence-electron chi connectivity index (χ1n) is 5.03. The summed E-state index contributed by atoms with van der Waals surface area (Å²) < 4.78 is 0. The van der Waals surface area contributed by atoms with Crippen LogP contribution in [-0.2, 0) is 0 Å². The van der Waals surface area contributed by atoms with E-state index < -0.39 is 0 Å². The van der Waals surface area contributed by atoms with Crippen molar-refractivity contribution in [2.45, 2.75) is 42.0 Å². The molecule has 1 aliphatic carbocycles. The molecule has 2 rings (SSSR count). The van der Waals surface area contributed by atoms with Crippen LogP contribution in [0.3, 0.4) is 0 Å². The molecule has 4 heteroatoms. The summed E-state index contributed by atoms with van der Waals surface area (Å²) in [4.78, 5) is 8.32. The van der Waals surface area contributed by atoms with Crippen LogP contribution in [0.4, 0.5) is 0 Å². The van der Waals surface area contributed by atoms with E-state index in [1.165, 1.54) is 12.8 Å². The summed E-state index contributed by atoms with van der Waals surface area (Å²) in [6, 6.07) is 0.425. The molecule has 76 valence electrons. The Morgan fingerprint density at radius 2 is 2.00 bits per heavy atom. The molecule has 0 amide bonds. The first kappa shape index (κ1) is 9.93. The lowest BCUT2D eigenvalue weighted by atomic mass is 9.96. The predicted molar refractivity (Wildman–Crippen MR) is 58.1 cm³/mol. The fourth-order valence-electron chi connectivity index (χ4n) is 1.72. The molecule has 1 aromatic heterocycles. The summed E-state index contributed by atoms with van der Waals surface area (Å²) in [5.74, 6) is 0. The number of thioether (sulfide) groups is 1. The Morgan fingerprint density at radius 3 is 2.64 bits per heavy atom. The van der Waals surface area contributed by atoms with E-state index in [4.69, 9.17) is 5.73 Å². The van der Waals surface area contributed by atoms with Crippen molar-refractivity contribution >= 4 is 11.8 Å². The van der Waals surface area contributed by atoms with E-state index in [9.17, 15) is 0 Å². The molecule has 1 heterocycles. The molecule has 0 saturated heterocycles. The van der Waals surface area contributed by atoms with E-state index >= 15 is 0 Å². The zero-order valence-corrected chi connectivity index (χ0v) is 8.91. The minimum Gasteiger partial charge on any atom is -0.328 e. The molecule has 0 aromatic carbocycles. The molecule has 1 fully saturated rings. The SMILES string of the molecule is NC1CCC(Sc2cnccn2)CC1. The second-order valence-corrected chi connectivity index (χ2v) is 5.02. The van der Waals surface area contributed by atoms with Gasteiger partial charge in [-0.15, -0.1) is 11.8 Å². The Kier molecular flexibility index (Phi) is 3.37. The maximum absolute atomic E-state index is 5.85. The van der Waals surface area contributed by atoms with Crippen molar-refractivity contribution in [3.8, 4) is 0 Å². The summed E-state index contributed by atoms with van der Waals surface area (Å²) in [5, 5.41) is 1.72. The van der Waals surface area contributed by atoms with Gasteiger partial charge in [0, 0.05) is 23.7 Å². The van der Waals surface area contributed by atoms with Gasteiger partial charge in [0.2, 0.25) is 0 Å². The standard InChI is InChI=1S/C10H15N3S/c11-8-1-3-9(4-2-8)14-10-7-12-5-6-13-10/h5-9H,1-4,11H2. The largest absolute Gasteiger partial charge is 0.328 e. The van der Waals surface area contributed by atoms with E-state index in [1.54, 1.807) is 12.4 Å². The Balaban J connectivity index is 1.87. The molecule has 2 N–H and O–H groups in total. The highest BCUT2D eigenvalue weighted by Crippen LogP contribution is 2.31. The van der Waals surface area contributed by atoms with E-state index in [-0.39, 0.29) is 0 Å². The molecule has 1 saturated carbocycles. The monoisotopic (exact) mass is 209 g/mol. The van der Waals surface area contributed by atoms with Gasteiger partial charge in [0.1, 0.15) is 5.03 Å². The van der Waals surface area contributed by atoms with Crippen molar-refractivity contribution in [1.29, 1.82) is 0 Å². The molecule has 1 aliphatic rings. The molecular weight excluding hydrogens is 194 g/mol. The van der Waals surface area contributed by atoms with Crippen molar-refractivity contribution in [3.05, 3.63) is 18.6 Å². The lowest BCUT2D eigenvalue weighted by Crippen LogP contribution is -2.27. The van der Waals surface area contributed by atoms with Crippen LogP contribution >= 0.6 is 11.8 Å². The van der Waals surface area contributed by atoms with Gasteiger partial charge in [-0.1, -0.05) is 0 Å². The number of hydrogen-bond donors (Lipinski definition) is 1. The van der Waals surface area contributed by atoms with Crippen molar-refractivity contribution < 1.29 is 0 Å². The Hall–Kier alpha value is -0.610. The fraction of sp³-hybridized carbons (Fsp3) is 0.600. The van der Waals surface area contributed by atoms with Crippen molar-refractivity contribution in [2.24, 2.45) is 5.73 Å². The van der Waals surface area contributed by atoms with E-state index in [2.05, 4.69) is 9.97 Å². The van der Waals surface area contributed by atoms with Crippen LogP contribution in [0.5, 0.6) is 0 Å². The Labute approximate surface area is 88.5 Å². The maximum atomic E-state index is 5.85. The predicted octanol–water partition coefficient (Wildman–Crippen LogP) is 1.84. The molecule has 0 bridgehead atoms. The molecule has 0 unspecified atom stereocenters. The third kappa shape index (κ3) is 2.69. The first-order valence-corrected chi connectivity index (χ1v) is 5.91. The highest BCUT2D eigenvalue weighted by atomic mass is 32.2. The van der Waals surface area contributed by atoms with Crippen LogP contribution in [0, 0.1) is 0 Å². The van der Waals surface area contributed by atoms with Crippen LogP contribution < -0.4 is 5.73 Å². The summed E-state index contributed by atoms with van der Waals surface area (Å²) in [7, 11) is 0. The minimum atomic E-state index is 0.425. The van der Waals surface area contributed by atoms with Gasteiger partial charge >= 0.3 is 0 Å². The third-order valence-corrected chi connectivity index (χ3v) is 3.80.